The maximum atomic E-state index is 12.8. The van der Waals surface area contributed by atoms with E-state index < -0.39 is 35.8 Å². The van der Waals surface area contributed by atoms with Gasteiger partial charge in [-0.1, -0.05) is 38.3 Å². The van der Waals surface area contributed by atoms with Gasteiger partial charge in [0.05, 0.1) is 12.7 Å². The summed E-state index contributed by atoms with van der Waals surface area (Å²) in [5.41, 5.74) is 3.58. The third-order valence-corrected chi connectivity index (χ3v) is 4.86. The Balaban J connectivity index is 2.00. The lowest BCUT2D eigenvalue weighted by Crippen LogP contribution is -2.49. The third-order valence-electron chi connectivity index (χ3n) is 4.62. The standard InChI is InChI=1S/C19H25ClN4O5/c1-4-8-19(9-5-2)17(27)24(18(28)21-19)11-15(25)22-23-16(26)13-10-12(20)6-7-14(13)29-3/h6-7,10H,4-5,8-9,11H2,1-3H3,(H,21,28)(H,22,25)(H,23,26). The van der Waals surface area contributed by atoms with Gasteiger partial charge in [0.2, 0.25) is 0 Å². The summed E-state index contributed by atoms with van der Waals surface area (Å²) in [6.07, 6.45) is 2.41. The van der Waals surface area contributed by atoms with Crippen LogP contribution in [0, 0.1) is 0 Å². The summed E-state index contributed by atoms with van der Waals surface area (Å²) in [6, 6.07) is 3.86. The molecule has 0 atom stereocenters. The molecule has 5 amide bonds. The molecule has 0 unspecified atom stereocenters. The summed E-state index contributed by atoms with van der Waals surface area (Å²) in [4.78, 5) is 50.4. The summed E-state index contributed by atoms with van der Waals surface area (Å²) in [7, 11) is 1.40. The first-order chi connectivity index (χ1) is 13.8. The van der Waals surface area contributed by atoms with Gasteiger partial charge in [-0.25, -0.2) is 4.79 Å². The Morgan fingerprint density at radius 3 is 2.41 bits per heavy atom. The first kappa shape index (κ1) is 22.5. The van der Waals surface area contributed by atoms with Gasteiger partial charge in [0.15, 0.2) is 0 Å². The van der Waals surface area contributed by atoms with Crippen LogP contribution in [0.1, 0.15) is 49.9 Å². The number of carbonyl (C=O) groups is 4. The van der Waals surface area contributed by atoms with Gasteiger partial charge in [-0.3, -0.25) is 30.1 Å². The summed E-state index contributed by atoms with van der Waals surface area (Å²) < 4.78 is 5.09. The zero-order valence-corrected chi connectivity index (χ0v) is 17.4. The van der Waals surface area contributed by atoms with Gasteiger partial charge in [0.25, 0.3) is 17.7 Å². The second kappa shape index (κ2) is 9.60. The van der Waals surface area contributed by atoms with E-state index in [4.69, 9.17) is 16.3 Å². The minimum atomic E-state index is -0.974. The third kappa shape index (κ3) is 4.97. The van der Waals surface area contributed by atoms with Crippen molar-refractivity contribution in [3.63, 3.8) is 0 Å². The highest BCUT2D eigenvalue weighted by molar-refractivity contribution is 6.31. The number of benzene rings is 1. The van der Waals surface area contributed by atoms with Crippen LogP contribution in [-0.2, 0) is 9.59 Å². The van der Waals surface area contributed by atoms with Crippen LogP contribution < -0.4 is 20.9 Å². The molecule has 0 bridgehead atoms. The monoisotopic (exact) mass is 424 g/mol. The molecule has 1 saturated heterocycles. The summed E-state index contributed by atoms with van der Waals surface area (Å²) in [6.45, 7) is 3.34. The second-order valence-corrected chi connectivity index (χ2v) is 7.19. The number of nitrogens with one attached hydrogen (secondary N) is 3. The molecule has 0 aliphatic carbocycles. The number of amides is 5. The number of methoxy groups -OCH3 is 1. The summed E-state index contributed by atoms with van der Waals surface area (Å²) >= 11 is 5.89. The number of ether oxygens (including phenoxy) is 1. The Labute approximate surface area is 174 Å². The minimum absolute atomic E-state index is 0.125. The molecule has 0 saturated carbocycles. The van der Waals surface area contributed by atoms with E-state index in [0.717, 1.165) is 4.90 Å². The zero-order chi connectivity index (χ0) is 21.6. The fourth-order valence-electron chi connectivity index (χ4n) is 3.37. The van der Waals surface area contributed by atoms with Crippen LogP contribution in [0.4, 0.5) is 4.79 Å². The Hall–Kier alpha value is -2.81. The summed E-state index contributed by atoms with van der Waals surface area (Å²) in [5.74, 6) is -1.52. The fraction of sp³-hybridized carbons (Fsp3) is 0.474. The molecule has 1 heterocycles. The molecule has 0 spiro atoms. The average molecular weight is 425 g/mol. The van der Waals surface area contributed by atoms with Gasteiger partial charge < -0.3 is 10.1 Å². The summed E-state index contributed by atoms with van der Waals surface area (Å²) in [5, 5.41) is 3.05. The zero-order valence-electron chi connectivity index (χ0n) is 16.6. The smallest absolute Gasteiger partial charge is 0.325 e. The molecule has 10 heteroatoms. The highest BCUT2D eigenvalue weighted by atomic mass is 35.5. The largest absolute Gasteiger partial charge is 0.496 e. The number of halogens is 1. The highest BCUT2D eigenvalue weighted by Gasteiger charge is 2.50. The quantitative estimate of drug-likeness (QED) is 0.436. The topological polar surface area (TPSA) is 117 Å². The van der Waals surface area contributed by atoms with Crippen LogP contribution in [0.3, 0.4) is 0 Å². The van der Waals surface area contributed by atoms with Crippen LogP contribution in [0.2, 0.25) is 5.02 Å². The van der Waals surface area contributed by atoms with Crippen LogP contribution >= 0.6 is 11.6 Å². The van der Waals surface area contributed by atoms with Crippen molar-refractivity contribution in [2.24, 2.45) is 0 Å². The molecule has 2 rings (SSSR count). The molecule has 0 aromatic heterocycles. The molecule has 1 fully saturated rings. The van der Waals surface area contributed by atoms with Crippen LogP contribution in [0.25, 0.3) is 0 Å². The normalized spacial score (nSPS) is 15.1. The lowest BCUT2D eigenvalue weighted by molar-refractivity contribution is -0.135. The van der Waals surface area contributed by atoms with Gasteiger partial charge >= 0.3 is 6.03 Å². The van der Waals surface area contributed by atoms with Crippen LogP contribution in [-0.4, -0.2) is 47.8 Å². The van der Waals surface area contributed by atoms with E-state index >= 15 is 0 Å². The van der Waals surface area contributed by atoms with E-state index in [-0.39, 0.29) is 11.3 Å². The minimum Gasteiger partial charge on any atom is -0.496 e. The van der Waals surface area contributed by atoms with Crippen molar-refractivity contribution in [3.8, 4) is 5.75 Å². The molecule has 1 aromatic rings. The average Bonchev–Trinajstić information content (AvgIpc) is 2.91. The van der Waals surface area contributed by atoms with E-state index in [1.54, 1.807) is 6.07 Å². The Kier molecular flexibility index (Phi) is 7.44. The van der Waals surface area contributed by atoms with Crippen molar-refractivity contribution < 1.29 is 23.9 Å². The number of imide groups is 1. The second-order valence-electron chi connectivity index (χ2n) is 6.75. The lowest BCUT2D eigenvalue weighted by atomic mass is 9.88. The number of urea groups is 1. The van der Waals surface area contributed by atoms with E-state index in [2.05, 4.69) is 16.2 Å². The molecule has 1 aromatic carbocycles. The van der Waals surface area contributed by atoms with Crippen molar-refractivity contribution in [1.82, 2.24) is 21.1 Å². The van der Waals surface area contributed by atoms with E-state index in [9.17, 15) is 19.2 Å². The maximum absolute atomic E-state index is 12.8. The predicted molar refractivity (Wildman–Crippen MR) is 106 cm³/mol. The maximum Gasteiger partial charge on any atom is 0.325 e. The molecule has 158 valence electrons. The van der Waals surface area contributed by atoms with Crippen LogP contribution in [0.5, 0.6) is 5.75 Å². The van der Waals surface area contributed by atoms with Crippen molar-refractivity contribution in [2.45, 2.75) is 45.1 Å². The molecule has 1 aliphatic heterocycles. The van der Waals surface area contributed by atoms with Crippen molar-refractivity contribution >= 4 is 35.4 Å². The predicted octanol–water partition coefficient (Wildman–Crippen LogP) is 2.00. The number of rotatable bonds is 8. The number of nitrogens with zero attached hydrogens (tertiary/aromatic N) is 1. The first-order valence-electron chi connectivity index (χ1n) is 9.34. The van der Waals surface area contributed by atoms with Gasteiger partial charge in [-0.15, -0.1) is 0 Å². The SMILES string of the molecule is CCCC1(CCC)NC(=O)N(CC(=O)NNC(=O)c2cc(Cl)ccc2OC)C1=O. The molecule has 3 N–H and O–H groups in total. The van der Waals surface area contributed by atoms with Gasteiger partial charge in [0.1, 0.15) is 17.8 Å². The number of hydrazine groups is 1. The lowest BCUT2D eigenvalue weighted by Gasteiger charge is -2.25. The van der Waals surface area contributed by atoms with Crippen molar-refractivity contribution in [2.75, 3.05) is 13.7 Å². The number of carbonyl (C=O) groups excluding carboxylic acids is 4. The van der Waals surface area contributed by atoms with Crippen LogP contribution in [0.15, 0.2) is 18.2 Å². The van der Waals surface area contributed by atoms with Crippen molar-refractivity contribution in [3.05, 3.63) is 28.8 Å². The van der Waals surface area contributed by atoms with Gasteiger partial charge in [0, 0.05) is 5.02 Å². The Morgan fingerprint density at radius 1 is 1.17 bits per heavy atom. The molecule has 9 nitrogen and oxygen atoms in total. The van der Waals surface area contributed by atoms with E-state index in [1.807, 2.05) is 13.8 Å². The Bertz CT molecular complexity index is 808. The van der Waals surface area contributed by atoms with Gasteiger partial charge in [-0.05, 0) is 31.0 Å². The van der Waals surface area contributed by atoms with E-state index in [0.29, 0.717) is 30.7 Å². The highest BCUT2D eigenvalue weighted by Crippen LogP contribution is 2.28. The number of hydrogen-bond donors (Lipinski definition) is 3. The Morgan fingerprint density at radius 2 is 1.83 bits per heavy atom. The number of hydrogen-bond acceptors (Lipinski definition) is 5. The first-order valence-corrected chi connectivity index (χ1v) is 9.72. The van der Waals surface area contributed by atoms with E-state index in [1.165, 1.54) is 19.2 Å². The molecule has 0 radical (unpaired) electrons. The molecular formula is C19H25ClN4O5. The fourth-order valence-corrected chi connectivity index (χ4v) is 3.54. The molecular weight excluding hydrogens is 400 g/mol. The van der Waals surface area contributed by atoms with Gasteiger partial charge in [-0.2, -0.15) is 0 Å². The molecule has 1 aliphatic rings. The van der Waals surface area contributed by atoms with Crippen molar-refractivity contribution in [1.29, 1.82) is 0 Å². The molecule has 29 heavy (non-hydrogen) atoms.